The summed E-state index contributed by atoms with van der Waals surface area (Å²) in [5.74, 6) is 0. The summed E-state index contributed by atoms with van der Waals surface area (Å²) in [6, 6.07) is 0. The van der Waals surface area contributed by atoms with Crippen LogP contribution >= 0.6 is 0 Å². The van der Waals surface area contributed by atoms with Crippen molar-refractivity contribution in [3.8, 4) is 0 Å². The quantitative estimate of drug-likeness (QED) is 0.442. The number of nitrogens with one attached hydrogen (secondary N) is 1. The predicted octanol–water partition coefficient (Wildman–Crippen LogP) is 0.582. The fourth-order valence-corrected chi connectivity index (χ4v) is 1.17. The summed E-state index contributed by atoms with van der Waals surface area (Å²) < 4.78 is 44.3. The third kappa shape index (κ3) is 11.3. The van der Waals surface area contributed by atoms with E-state index >= 15 is 0 Å². The first-order chi connectivity index (χ1) is 7.33. The maximum Gasteiger partial charge on any atom is 0.673 e. The molecule has 8 heteroatoms. The molecule has 0 radical (unpaired) electrons. The van der Waals surface area contributed by atoms with Crippen molar-refractivity contribution in [1.29, 1.82) is 0 Å². The molecular weight excluding hydrogens is 227 g/mol. The number of hydrogen-bond acceptors (Lipinski definition) is 2. The molecule has 0 saturated carbocycles. The molecule has 0 saturated heterocycles. The summed E-state index contributed by atoms with van der Waals surface area (Å²) in [5, 5.41) is 0. The largest absolute Gasteiger partial charge is 0.673 e. The molecule has 1 N–H and O–H groups in total. The van der Waals surface area contributed by atoms with Crippen LogP contribution < -0.4 is 4.90 Å². The van der Waals surface area contributed by atoms with Crippen LogP contribution in [-0.4, -0.2) is 45.6 Å². The van der Waals surface area contributed by atoms with Gasteiger partial charge in [0, 0.05) is 13.7 Å². The van der Waals surface area contributed by atoms with Crippen LogP contribution in [0.2, 0.25) is 0 Å². The second kappa shape index (κ2) is 7.51. The van der Waals surface area contributed by atoms with Gasteiger partial charge in [0.05, 0.1) is 12.8 Å². The van der Waals surface area contributed by atoms with E-state index in [2.05, 4.69) is 24.3 Å². The third-order valence-electron chi connectivity index (χ3n) is 1.79. The van der Waals surface area contributed by atoms with Gasteiger partial charge in [-0.15, -0.1) is 0 Å². The molecule has 3 nitrogen and oxygen atoms in total. The van der Waals surface area contributed by atoms with E-state index in [0.717, 1.165) is 26.4 Å². The lowest BCUT2D eigenvalue weighted by molar-refractivity contribution is -0.849. The SMILES string of the molecule is CCOCC[NH+]1C=CN(C)C1.F[B-](F)(F)F. The Bertz CT molecular complexity index is 207. The number of quaternary nitrogens is 1. The number of hydrogen-bond donors (Lipinski definition) is 1. The highest BCUT2D eigenvalue weighted by Crippen LogP contribution is 2.06. The highest BCUT2D eigenvalue weighted by molar-refractivity contribution is 6.50. The van der Waals surface area contributed by atoms with Crippen molar-refractivity contribution in [3.05, 3.63) is 12.4 Å². The van der Waals surface area contributed by atoms with Crippen LogP contribution in [0.25, 0.3) is 0 Å². The van der Waals surface area contributed by atoms with Gasteiger partial charge < -0.3 is 26.9 Å². The summed E-state index contributed by atoms with van der Waals surface area (Å²) in [4.78, 5) is 3.65. The molecule has 0 bridgehead atoms. The van der Waals surface area contributed by atoms with Gasteiger partial charge in [0.2, 0.25) is 0 Å². The molecule has 0 amide bonds. The molecule has 0 fully saturated rings. The van der Waals surface area contributed by atoms with Crippen LogP contribution in [0, 0.1) is 0 Å². The molecule has 96 valence electrons. The fourth-order valence-electron chi connectivity index (χ4n) is 1.17. The topological polar surface area (TPSA) is 16.9 Å². The Labute approximate surface area is 92.8 Å². The van der Waals surface area contributed by atoms with Crippen LogP contribution in [-0.2, 0) is 4.74 Å². The lowest BCUT2D eigenvalue weighted by atomic mass is 10.3. The molecule has 0 aromatic rings. The van der Waals surface area contributed by atoms with Crippen LogP contribution in [0.4, 0.5) is 17.3 Å². The average molecular weight is 244 g/mol. The van der Waals surface area contributed by atoms with Crippen molar-refractivity contribution in [2.45, 2.75) is 6.92 Å². The molecular formula is C8H17BF4N2O. The molecule has 1 heterocycles. The summed E-state index contributed by atoms with van der Waals surface area (Å²) >= 11 is 0. The van der Waals surface area contributed by atoms with Gasteiger partial charge >= 0.3 is 7.25 Å². The Morgan fingerprint density at radius 1 is 1.38 bits per heavy atom. The van der Waals surface area contributed by atoms with E-state index in [9.17, 15) is 17.3 Å². The van der Waals surface area contributed by atoms with E-state index in [-0.39, 0.29) is 0 Å². The second-order valence-corrected chi connectivity index (χ2v) is 3.33. The van der Waals surface area contributed by atoms with Crippen molar-refractivity contribution in [1.82, 2.24) is 4.90 Å². The molecule has 16 heavy (non-hydrogen) atoms. The van der Waals surface area contributed by atoms with Gasteiger partial charge in [-0.2, -0.15) is 0 Å². The normalized spacial score (nSPS) is 19.6. The van der Waals surface area contributed by atoms with Crippen LogP contribution in [0.3, 0.4) is 0 Å². The lowest BCUT2D eigenvalue weighted by Gasteiger charge is -2.12. The van der Waals surface area contributed by atoms with Gasteiger partial charge in [-0.05, 0) is 6.92 Å². The van der Waals surface area contributed by atoms with Gasteiger partial charge in [0.25, 0.3) is 0 Å². The zero-order valence-electron chi connectivity index (χ0n) is 9.43. The Hall–Kier alpha value is -0.755. The molecule has 1 aliphatic heterocycles. The van der Waals surface area contributed by atoms with Crippen LogP contribution in [0.5, 0.6) is 0 Å². The van der Waals surface area contributed by atoms with E-state index in [0.29, 0.717) is 0 Å². The van der Waals surface area contributed by atoms with E-state index in [1.165, 1.54) is 4.90 Å². The zero-order chi connectivity index (χ0) is 12.6. The maximum atomic E-state index is 9.75. The van der Waals surface area contributed by atoms with Crippen LogP contribution in [0.15, 0.2) is 12.4 Å². The smallest absolute Gasteiger partial charge is 0.418 e. The lowest BCUT2D eigenvalue weighted by Crippen LogP contribution is -3.07. The first kappa shape index (κ1) is 15.2. The Balaban J connectivity index is 0.000000385. The molecule has 1 aliphatic rings. The van der Waals surface area contributed by atoms with E-state index in [4.69, 9.17) is 4.74 Å². The van der Waals surface area contributed by atoms with Gasteiger partial charge in [-0.1, -0.05) is 0 Å². The fraction of sp³-hybridized carbons (Fsp3) is 0.750. The second-order valence-electron chi connectivity index (χ2n) is 3.33. The summed E-state index contributed by atoms with van der Waals surface area (Å²) in [5.41, 5.74) is 0. The van der Waals surface area contributed by atoms with Gasteiger partial charge in [0.15, 0.2) is 6.67 Å². The monoisotopic (exact) mass is 244 g/mol. The van der Waals surface area contributed by atoms with Gasteiger partial charge in [-0.3, -0.25) is 4.90 Å². The minimum Gasteiger partial charge on any atom is -0.418 e. The summed E-state index contributed by atoms with van der Waals surface area (Å²) in [6.45, 7) is 5.87. The minimum atomic E-state index is -6.00. The van der Waals surface area contributed by atoms with E-state index in [1.807, 2.05) is 6.92 Å². The minimum absolute atomic E-state index is 0.826. The third-order valence-corrected chi connectivity index (χ3v) is 1.79. The van der Waals surface area contributed by atoms with E-state index in [1.54, 1.807) is 0 Å². The first-order valence-electron chi connectivity index (χ1n) is 5.01. The standard InChI is InChI=1S/C8H16N2O.BF4/c1-3-11-7-6-10-5-4-9(2)8-10;2-1(3,4)5/h4-5H,3,6-8H2,1-2H3;/q;-1/p+1. The van der Waals surface area contributed by atoms with Crippen molar-refractivity contribution >= 4 is 7.25 Å². The number of nitrogens with zero attached hydrogens (tertiary/aromatic N) is 1. The van der Waals surface area contributed by atoms with E-state index < -0.39 is 7.25 Å². The first-order valence-corrected chi connectivity index (χ1v) is 5.01. The van der Waals surface area contributed by atoms with Crippen LogP contribution in [0.1, 0.15) is 6.92 Å². The Morgan fingerprint density at radius 3 is 2.31 bits per heavy atom. The molecule has 1 atom stereocenters. The number of halogens is 4. The molecule has 0 spiro atoms. The Kier molecular flexibility index (Phi) is 7.15. The maximum absolute atomic E-state index is 9.75. The molecule has 0 aromatic carbocycles. The Morgan fingerprint density at radius 2 is 1.94 bits per heavy atom. The molecule has 1 rings (SSSR count). The zero-order valence-corrected chi connectivity index (χ0v) is 9.43. The van der Waals surface area contributed by atoms with Gasteiger partial charge in [-0.25, -0.2) is 0 Å². The highest BCUT2D eigenvalue weighted by atomic mass is 19.5. The van der Waals surface area contributed by atoms with Crippen molar-refractivity contribution < 1.29 is 26.9 Å². The summed E-state index contributed by atoms with van der Waals surface area (Å²) in [6.07, 6.45) is 4.29. The molecule has 0 aliphatic carbocycles. The molecule has 1 unspecified atom stereocenters. The predicted molar refractivity (Wildman–Crippen MR) is 54.3 cm³/mol. The number of ether oxygens (including phenoxy) is 1. The average Bonchev–Trinajstić information content (AvgIpc) is 2.49. The molecule has 0 aromatic heterocycles. The summed E-state index contributed by atoms with van der Waals surface area (Å²) in [7, 11) is -3.91. The van der Waals surface area contributed by atoms with Crippen molar-refractivity contribution in [2.75, 3.05) is 33.5 Å². The van der Waals surface area contributed by atoms with Crippen molar-refractivity contribution in [2.24, 2.45) is 0 Å². The highest BCUT2D eigenvalue weighted by Gasteiger charge is 2.20. The number of rotatable bonds is 4. The van der Waals surface area contributed by atoms with Gasteiger partial charge in [0.1, 0.15) is 12.7 Å². The van der Waals surface area contributed by atoms with Crippen molar-refractivity contribution in [3.63, 3.8) is 0 Å².